The van der Waals surface area contributed by atoms with Crippen LogP contribution < -0.4 is 5.32 Å². The second-order valence-corrected chi connectivity index (χ2v) is 7.33. The lowest BCUT2D eigenvalue weighted by Crippen LogP contribution is -2.32. The minimum absolute atomic E-state index is 0.176. The molecular weight excluding hydrogens is 390 g/mol. The van der Waals surface area contributed by atoms with Crippen LogP contribution in [-0.4, -0.2) is 40.4 Å². The van der Waals surface area contributed by atoms with Crippen LogP contribution in [0.4, 0.5) is 0 Å². The number of thiazole rings is 1. The Morgan fingerprint density at radius 2 is 1.93 bits per heavy atom. The fourth-order valence-electron chi connectivity index (χ4n) is 2.96. The van der Waals surface area contributed by atoms with E-state index in [4.69, 9.17) is 4.74 Å². The van der Waals surface area contributed by atoms with Crippen LogP contribution in [-0.2, 0) is 20.7 Å². The zero-order valence-electron chi connectivity index (χ0n) is 16.2. The van der Waals surface area contributed by atoms with Gasteiger partial charge in [0.2, 0.25) is 11.7 Å². The van der Waals surface area contributed by atoms with Crippen LogP contribution in [0, 0.1) is 13.8 Å². The van der Waals surface area contributed by atoms with Crippen molar-refractivity contribution in [2.75, 3.05) is 13.2 Å². The Balaban J connectivity index is 1.50. The highest BCUT2D eigenvalue weighted by atomic mass is 32.1. The van der Waals surface area contributed by atoms with Crippen molar-refractivity contribution in [3.05, 3.63) is 70.5 Å². The van der Waals surface area contributed by atoms with Gasteiger partial charge in [-0.2, -0.15) is 0 Å². The van der Waals surface area contributed by atoms with Gasteiger partial charge in [-0.1, -0.05) is 30.3 Å². The maximum absolute atomic E-state index is 12.5. The molecule has 0 spiro atoms. The number of benzene rings is 1. The minimum atomic E-state index is -0.659. The number of aryl methyl sites for hydroxylation is 1. The van der Waals surface area contributed by atoms with Gasteiger partial charge in [0.1, 0.15) is 6.54 Å². The number of esters is 1. The highest BCUT2D eigenvalue weighted by Crippen LogP contribution is 2.22. The van der Waals surface area contributed by atoms with Gasteiger partial charge in [-0.05, 0) is 25.5 Å². The number of carbonyl (C=O) groups is 3. The molecule has 3 rings (SSSR count). The van der Waals surface area contributed by atoms with Crippen LogP contribution in [0.15, 0.2) is 48.0 Å². The van der Waals surface area contributed by atoms with E-state index < -0.39 is 5.97 Å². The molecule has 150 valence electrons. The molecule has 2 aromatic heterocycles. The predicted octanol–water partition coefficient (Wildman–Crippen LogP) is 2.64. The quantitative estimate of drug-likeness (QED) is 0.455. The van der Waals surface area contributed by atoms with Gasteiger partial charge in [-0.25, -0.2) is 4.98 Å². The van der Waals surface area contributed by atoms with Crippen LogP contribution in [0.25, 0.3) is 5.13 Å². The van der Waals surface area contributed by atoms with Crippen molar-refractivity contribution in [1.82, 2.24) is 14.9 Å². The summed E-state index contributed by atoms with van der Waals surface area (Å²) in [6.45, 7) is 3.05. The zero-order valence-corrected chi connectivity index (χ0v) is 17.0. The Morgan fingerprint density at radius 1 is 1.17 bits per heavy atom. The van der Waals surface area contributed by atoms with Gasteiger partial charge in [0.25, 0.3) is 0 Å². The maximum atomic E-state index is 12.5. The summed E-state index contributed by atoms with van der Waals surface area (Å²) in [5, 5.41) is 5.14. The van der Waals surface area contributed by atoms with Gasteiger partial charge >= 0.3 is 5.97 Å². The molecule has 2 heterocycles. The van der Waals surface area contributed by atoms with Gasteiger partial charge in [0, 0.05) is 28.5 Å². The average Bonchev–Trinajstić information content (AvgIpc) is 3.33. The third kappa shape index (κ3) is 5.17. The van der Waals surface area contributed by atoms with E-state index in [-0.39, 0.29) is 31.3 Å². The molecule has 1 N–H and O–H groups in total. The Bertz CT molecular complexity index is 1010. The monoisotopic (exact) mass is 411 g/mol. The molecule has 0 aliphatic rings. The molecule has 1 aromatic carbocycles. The number of amides is 1. The van der Waals surface area contributed by atoms with Gasteiger partial charge in [-0.15, -0.1) is 11.3 Å². The molecule has 7 nitrogen and oxygen atoms in total. The van der Waals surface area contributed by atoms with Gasteiger partial charge in [0.05, 0.1) is 6.42 Å². The van der Waals surface area contributed by atoms with E-state index in [9.17, 15) is 14.4 Å². The first kappa shape index (κ1) is 20.5. The normalized spacial score (nSPS) is 10.6. The summed E-state index contributed by atoms with van der Waals surface area (Å²) in [6, 6.07) is 11.0. The molecule has 0 fully saturated rings. The van der Waals surface area contributed by atoms with Crippen molar-refractivity contribution >= 4 is 29.0 Å². The Labute approximate surface area is 172 Å². The van der Waals surface area contributed by atoms with Crippen LogP contribution in [0.5, 0.6) is 0 Å². The second kappa shape index (κ2) is 9.29. The number of rotatable bonds is 8. The minimum Gasteiger partial charge on any atom is -0.456 e. The van der Waals surface area contributed by atoms with Crippen molar-refractivity contribution < 1.29 is 19.1 Å². The molecule has 0 bridgehead atoms. The molecule has 0 saturated heterocycles. The van der Waals surface area contributed by atoms with Crippen LogP contribution in [0.2, 0.25) is 0 Å². The number of hydrogen-bond donors (Lipinski definition) is 1. The molecule has 0 saturated carbocycles. The number of Topliss-reactive ketones (excluding diaryl/α,β-unsaturated/α-hetero) is 1. The predicted molar refractivity (Wildman–Crippen MR) is 109 cm³/mol. The van der Waals surface area contributed by atoms with E-state index in [2.05, 4.69) is 10.3 Å². The van der Waals surface area contributed by atoms with Gasteiger partial charge in [0.15, 0.2) is 11.7 Å². The maximum Gasteiger partial charge on any atom is 0.325 e. The van der Waals surface area contributed by atoms with E-state index >= 15 is 0 Å². The molecule has 0 unspecified atom stereocenters. The first-order valence-corrected chi connectivity index (χ1v) is 9.92. The molecule has 1 amide bonds. The Morgan fingerprint density at radius 3 is 2.62 bits per heavy atom. The van der Waals surface area contributed by atoms with Gasteiger partial charge in [-0.3, -0.25) is 19.0 Å². The van der Waals surface area contributed by atoms with E-state index in [0.717, 1.165) is 22.1 Å². The van der Waals surface area contributed by atoms with Crippen molar-refractivity contribution in [3.8, 4) is 5.13 Å². The fourth-order valence-corrected chi connectivity index (χ4v) is 3.71. The molecule has 3 aromatic rings. The summed E-state index contributed by atoms with van der Waals surface area (Å²) < 4.78 is 6.92. The number of nitrogens with zero attached hydrogens (tertiary/aromatic N) is 2. The van der Waals surface area contributed by atoms with E-state index in [1.54, 1.807) is 12.3 Å². The van der Waals surface area contributed by atoms with E-state index in [0.29, 0.717) is 5.56 Å². The summed E-state index contributed by atoms with van der Waals surface area (Å²) in [6.07, 6.45) is 1.88. The smallest absolute Gasteiger partial charge is 0.325 e. The van der Waals surface area contributed by atoms with Crippen molar-refractivity contribution in [1.29, 1.82) is 0 Å². The first-order chi connectivity index (χ1) is 14.0. The number of ether oxygens (including phenoxy) is 1. The molecule has 0 aliphatic heterocycles. The second-order valence-electron chi connectivity index (χ2n) is 6.46. The number of hydrogen-bond acceptors (Lipinski definition) is 6. The molecular formula is C21H21N3O4S. The third-order valence-corrected chi connectivity index (χ3v) is 5.10. The first-order valence-electron chi connectivity index (χ1n) is 9.04. The van der Waals surface area contributed by atoms with E-state index in [1.807, 2.05) is 54.1 Å². The summed E-state index contributed by atoms with van der Waals surface area (Å²) in [5.41, 5.74) is 2.96. The van der Waals surface area contributed by atoms with Crippen molar-refractivity contribution in [2.24, 2.45) is 0 Å². The fraction of sp³-hybridized carbons (Fsp3) is 0.238. The lowest BCUT2D eigenvalue weighted by molar-refractivity contribution is -0.142. The van der Waals surface area contributed by atoms with E-state index in [1.165, 1.54) is 11.3 Å². The molecule has 0 atom stereocenters. The molecule has 0 radical (unpaired) electrons. The van der Waals surface area contributed by atoms with Crippen molar-refractivity contribution in [3.63, 3.8) is 0 Å². The molecule has 29 heavy (non-hydrogen) atoms. The Kier molecular flexibility index (Phi) is 6.56. The summed E-state index contributed by atoms with van der Waals surface area (Å²) in [4.78, 5) is 40.5. The summed E-state index contributed by atoms with van der Waals surface area (Å²) in [5.74, 6) is -1.25. The topological polar surface area (TPSA) is 90.3 Å². The van der Waals surface area contributed by atoms with Gasteiger partial charge < -0.3 is 10.1 Å². The molecule has 0 aliphatic carbocycles. The lowest BCUT2D eigenvalue weighted by Gasteiger charge is -2.07. The largest absolute Gasteiger partial charge is 0.456 e. The third-order valence-electron chi connectivity index (χ3n) is 4.34. The van der Waals surface area contributed by atoms with Crippen LogP contribution in [0.1, 0.15) is 27.3 Å². The van der Waals surface area contributed by atoms with Crippen LogP contribution >= 0.6 is 11.3 Å². The zero-order chi connectivity index (χ0) is 20.8. The highest BCUT2D eigenvalue weighted by molar-refractivity contribution is 7.12. The number of carbonyl (C=O) groups excluding carboxylic acids is 3. The number of aromatic nitrogens is 2. The number of ketones is 1. The summed E-state index contributed by atoms with van der Waals surface area (Å²) in [7, 11) is 0. The lowest BCUT2D eigenvalue weighted by atomic mass is 10.1. The highest BCUT2D eigenvalue weighted by Gasteiger charge is 2.19. The SMILES string of the molecule is Cc1cc(C(=O)COC(=O)CNC(=O)Cc2ccccc2)c(C)n1-c1nccs1. The molecule has 8 heteroatoms. The summed E-state index contributed by atoms with van der Waals surface area (Å²) >= 11 is 1.47. The Hall–Kier alpha value is -3.26. The number of nitrogens with one attached hydrogen (secondary N) is 1. The standard InChI is InChI=1S/C21H21N3O4S/c1-14-10-17(15(2)24(14)21-22-8-9-29-21)18(25)13-28-20(27)12-23-19(26)11-16-6-4-3-5-7-16/h3-10H,11-13H2,1-2H3,(H,23,26). The van der Waals surface area contributed by atoms with Crippen LogP contribution in [0.3, 0.4) is 0 Å². The van der Waals surface area contributed by atoms with Crippen molar-refractivity contribution in [2.45, 2.75) is 20.3 Å². The average molecular weight is 411 g/mol.